The zero-order chi connectivity index (χ0) is 21.3. The van der Waals surface area contributed by atoms with Crippen LogP contribution in [0.25, 0.3) is 0 Å². The molecule has 2 heterocycles. The average Bonchev–Trinajstić information content (AvgIpc) is 3.32. The van der Waals surface area contributed by atoms with Crippen molar-refractivity contribution < 1.29 is 27.4 Å². The topological polar surface area (TPSA) is 63.2 Å². The molecule has 6 nitrogen and oxygen atoms in total. The van der Waals surface area contributed by atoms with Crippen molar-refractivity contribution in [2.24, 2.45) is 4.99 Å². The minimum Gasteiger partial charge on any atom is -0.369 e. The molecule has 30 heavy (non-hydrogen) atoms. The van der Waals surface area contributed by atoms with Gasteiger partial charge in [-0.1, -0.05) is 18.2 Å². The molecule has 0 saturated carbocycles. The number of carbonyl (C=O) groups is 1. The quantitative estimate of drug-likeness (QED) is 0.746. The second-order valence-electron chi connectivity index (χ2n) is 7.08. The second kappa shape index (κ2) is 8.08. The molecule has 2 aliphatic rings. The first-order valence-electron chi connectivity index (χ1n) is 9.42. The van der Waals surface area contributed by atoms with Crippen molar-refractivity contribution in [1.82, 2.24) is 0 Å². The number of aliphatic imine (C=N–C) groups is 1. The van der Waals surface area contributed by atoms with Crippen LogP contribution in [0.1, 0.15) is 17.0 Å². The van der Waals surface area contributed by atoms with E-state index in [1.54, 1.807) is 31.3 Å². The number of fused-ring (bicyclic) bond motifs is 1. The third-order valence-electron chi connectivity index (χ3n) is 5.02. The van der Waals surface area contributed by atoms with Crippen molar-refractivity contribution in [1.29, 1.82) is 0 Å². The first kappa shape index (κ1) is 20.4. The van der Waals surface area contributed by atoms with Crippen LogP contribution < -0.4 is 10.2 Å². The number of benzene rings is 2. The Morgan fingerprint density at radius 3 is 2.67 bits per heavy atom. The van der Waals surface area contributed by atoms with Crippen LogP contribution >= 0.6 is 0 Å². The number of carbonyl (C=O) groups excluding carboxylic acids is 1. The number of halogens is 3. The van der Waals surface area contributed by atoms with Gasteiger partial charge in [-0.3, -0.25) is 9.79 Å². The fraction of sp³-hybridized carbons (Fsp3) is 0.333. The molecule has 1 saturated heterocycles. The Bertz CT molecular complexity index is 971. The van der Waals surface area contributed by atoms with E-state index in [4.69, 9.17) is 9.47 Å². The maximum atomic E-state index is 13.7. The molecule has 0 spiro atoms. The SMILES string of the molecule is CN(CC1OCCO1)c1ccc(N=CC2C(=O)Nc3ccccc32)cc1C(F)(F)F. The molecule has 2 aromatic rings. The number of ether oxygens (including phenoxy) is 2. The number of anilines is 2. The van der Waals surface area contributed by atoms with Crippen LogP contribution in [0.3, 0.4) is 0 Å². The Morgan fingerprint density at radius 1 is 1.20 bits per heavy atom. The van der Waals surface area contributed by atoms with Crippen LogP contribution in [0.5, 0.6) is 0 Å². The molecule has 9 heteroatoms. The molecule has 0 radical (unpaired) electrons. The van der Waals surface area contributed by atoms with Crippen LogP contribution in [0.4, 0.5) is 30.2 Å². The van der Waals surface area contributed by atoms with Gasteiger partial charge in [-0.2, -0.15) is 13.2 Å². The number of rotatable bonds is 5. The van der Waals surface area contributed by atoms with Crippen LogP contribution in [0, 0.1) is 0 Å². The van der Waals surface area contributed by atoms with Gasteiger partial charge in [-0.05, 0) is 29.8 Å². The van der Waals surface area contributed by atoms with Crippen LogP contribution in [-0.4, -0.2) is 45.2 Å². The summed E-state index contributed by atoms with van der Waals surface area (Å²) in [6, 6.07) is 11.0. The Kier molecular flexibility index (Phi) is 5.48. The summed E-state index contributed by atoms with van der Waals surface area (Å²) >= 11 is 0. The summed E-state index contributed by atoms with van der Waals surface area (Å²) in [5.74, 6) is -0.904. The molecule has 0 aliphatic carbocycles. The van der Waals surface area contributed by atoms with Gasteiger partial charge in [-0.25, -0.2) is 0 Å². The molecule has 0 aromatic heterocycles. The predicted molar refractivity (Wildman–Crippen MR) is 106 cm³/mol. The van der Waals surface area contributed by atoms with E-state index in [1.165, 1.54) is 23.2 Å². The van der Waals surface area contributed by atoms with Gasteiger partial charge >= 0.3 is 6.18 Å². The highest BCUT2D eigenvalue weighted by atomic mass is 19.4. The van der Waals surface area contributed by atoms with Gasteiger partial charge in [-0.15, -0.1) is 0 Å². The monoisotopic (exact) mass is 419 g/mol. The lowest BCUT2D eigenvalue weighted by Gasteiger charge is -2.25. The molecular weight excluding hydrogens is 399 g/mol. The molecule has 2 aliphatic heterocycles. The third-order valence-corrected chi connectivity index (χ3v) is 5.02. The number of hydrogen-bond acceptors (Lipinski definition) is 5. The van der Waals surface area contributed by atoms with E-state index in [0.717, 1.165) is 11.6 Å². The van der Waals surface area contributed by atoms with Crippen LogP contribution in [-0.2, 0) is 20.4 Å². The van der Waals surface area contributed by atoms with E-state index in [1.807, 2.05) is 0 Å². The summed E-state index contributed by atoms with van der Waals surface area (Å²) in [4.78, 5) is 17.8. The van der Waals surface area contributed by atoms with Crippen LogP contribution in [0.2, 0.25) is 0 Å². The van der Waals surface area contributed by atoms with E-state index in [0.29, 0.717) is 18.9 Å². The number of alkyl halides is 3. The van der Waals surface area contributed by atoms with E-state index in [2.05, 4.69) is 10.3 Å². The summed E-state index contributed by atoms with van der Waals surface area (Å²) < 4.78 is 51.7. The van der Waals surface area contributed by atoms with Crippen molar-refractivity contribution in [3.05, 3.63) is 53.6 Å². The number of nitrogens with zero attached hydrogens (tertiary/aromatic N) is 2. The number of hydrogen-bond donors (Lipinski definition) is 1. The smallest absolute Gasteiger partial charge is 0.369 e. The summed E-state index contributed by atoms with van der Waals surface area (Å²) in [7, 11) is 1.55. The summed E-state index contributed by atoms with van der Waals surface area (Å²) in [5, 5.41) is 2.74. The van der Waals surface area contributed by atoms with Crippen LogP contribution in [0.15, 0.2) is 47.5 Å². The second-order valence-corrected chi connectivity index (χ2v) is 7.08. The molecule has 1 fully saturated rings. The summed E-state index contributed by atoms with van der Waals surface area (Å²) in [6.45, 7) is 1.02. The van der Waals surface area contributed by atoms with Gasteiger partial charge in [0.25, 0.3) is 0 Å². The molecule has 1 atom stereocenters. The number of likely N-dealkylation sites (N-methyl/N-ethyl adjacent to an activating group) is 1. The Hall–Kier alpha value is -2.91. The Labute approximate surface area is 171 Å². The van der Waals surface area contributed by atoms with Gasteiger partial charge in [0.15, 0.2) is 6.29 Å². The minimum atomic E-state index is -4.57. The third kappa shape index (κ3) is 4.17. The fourth-order valence-electron chi connectivity index (χ4n) is 3.54. The van der Waals surface area contributed by atoms with Crippen molar-refractivity contribution in [3.63, 3.8) is 0 Å². The standard InChI is InChI=1S/C21H20F3N3O3/c1-27(12-19-29-8-9-30-19)18-7-6-13(10-16(18)21(22,23)24)25-11-15-14-4-2-3-5-17(14)26-20(15)28/h2-7,10-11,15,19H,8-9,12H2,1H3,(H,26,28). The zero-order valence-corrected chi connectivity index (χ0v) is 16.1. The zero-order valence-electron chi connectivity index (χ0n) is 16.1. The first-order chi connectivity index (χ1) is 14.3. The molecule has 1 unspecified atom stereocenters. The fourth-order valence-corrected chi connectivity index (χ4v) is 3.54. The lowest BCUT2D eigenvalue weighted by molar-refractivity contribution is -0.137. The average molecular weight is 419 g/mol. The van der Waals surface area contributed by atoms with Gasteiger partial charge in [0.1, 0.15) is 5.92 Å². The molecule has 4 rings (SSSR count). The highest BCUT2D eigenvalue weighted by Crippen LogP contribution is 2.39. The van der Waals surface area contributed by atoms with E-state index in [-0.39, 0.29) is 23.8 Å². The Morgan fingerprint density at radius 2 is 1.93 bits per heavy atom. The summed E-state index contributed by atoms with van der Waals surface area (Å²) in [5.41, 5.74) is 0.738. The molecular formula is C21H20F3N3O3. The lowest BCUT2D eigenvalue weighted by atomic mass is 10.0. The minimum absolute atomic E-state index is 0.00417. The van der Waals surface area contributed by atoms with Gasteiger partial charge in [0.05, 0.1) is 31.0 Å². The molecule has 1 amide bonds. The molecule has 2 aromatic carbocycles. The largest absolute Gasteiger partial charge is 0.418 e. The highest BCUT2D eigenvalue weighted by Gasteiger charge is 2.35. The van der Waals surface area contributed by atoms with Crippen molar-refractivity contribution in [2.75, 3.05) is 37.0 Å². The Balaban J connectivity index is 1.59. The highest BCUT2D eigenvalue weighted by molar-refractivity contribution is 6.12. The molecule has 0 bridgehead atoms. The van der Waals surface area contributed by atoms with E-state index in [9.17, 15) is 18.0 Å². The van der Waals surface area contributed by atoms with Crippen molar-refractivity contribution in [2.45, 2.75) is 18.4 Å². The first-order valence-corrected chi connectivity index (χ1v) is 9.42. The van der Waals surface area contributed by atoms with E-state index < -0.39 is 23.9 Å². The predicted octanol–water partition coefficient (Wildman–Crippen LogP) is 3.95. The maximum Gasteiger partial charge on any atom is 0.418 e. The maximum absolute atomic E-state index is 13.7. The number of amides is 1. The number of para-hydroxylation sites is 1. The van der Waals surface area contributed by atoms with Gasteiger partial charge in [0.2, 0.25) is 5.91 Å². The van der Waals surface area contributed by atoms with Gasteiger partial charge in [0, 0.05) is 24.6 Å². The number of nitrogens with one attached hydrogen (secondary N) is 1. The van der Waals surface area contributed by atoms with Crippen molar-refractivity contribution in [3.8, 4) is 0 Å². The van der Waals surface area contributed by atoms with E-state index >= 15 is 0 Å². The lowest BCUT2D eigenvalue weighted by Crippen LogP contribution is -2.31. The summed E-state index contributed by atoms with van der Waals surface area (Å²) in [6.07, 6.45) is -3.75. The van der Waals surface area contributed by atoms with Crippen molar-refractivity contribution >= 4 is 29.2 Å². The normalized spacial score (nSPS) is 19.3. The van der Waals surface area contributed by atoms with Gasteiger partial charge < -0.3 is 19.7 Å². The molecule has 158 valence electrons. The molecule has 1 N–H and O–H groups in total.